The van der Waals surface area contributed by atoms with Crippen molar-refractivity contribution in [2.75, 3.05) is 26.0 Å². The summed E-state index contributed by atoms with van der Waals surface area (Å²) in [6, 6.07) is 15.4. The van der Waals surface area contributed by atoms with E-state index in [2.05, 4.69) is 34.9 Å². The van der Waals surface area contributed by atoms with Crippen LogP contribution in [0.25, 0.3) is 0 Å². The molecular formula is C22H27N3O2. The van der Waals surface area contributed by atoms with Crippen LogP contribution in [0.3, 0.4) is 0 Å². The first-order chi connectivity index (χ1) is 13.0. The number of carbonyl (C=O) groups is 2. The lowest BCUT2D eigenvalue weighted by atomic mass is 10.00. The Morgan fingerprint density at radius 3 is 2.11 bits per heavy atom. The molecule has 0 bridgehead atoms. The molecule has 0 radical (unpaired) electrons. The lowest BCUT2D eigenvalue weighted by Gasteiger charge is -2.15. The number of hydrogen-bond acceptors (Lipinski definition) is 2. The zero-order chi connectivity index (χ0) is 19.2. The quantitative estimate of drug-likeness (QED) is 0.812. The fourth-order valence-electron chi connectivity index (χ4n) is 3.48. The van der Waals surface area contributed by atoms with E-state index >= 15 is 0 Å². The van der Waals surface area contributed by atoms with E-state index in [1.807, 2.05) is 0 Å². The van der Waals surface area contributed by atoms with E-state index in [0.29, 0.717) is 23.7 Å². The van der Waals surface area contributed by atoms with Crippen molar-refractivity contribution in [1.82, 2.24) is 10.2 Å². The average molecular weight is 365 g/mol. The summed E-state index contributed by atoms with van der Waals surface area (Å²) < 4.78 is 0. The maximum absolute atomic E-state index is 12.2. The predicted octanol–water partition coefficient (Wildman–Crippen LogP) is 3.71. The van der Waals surface area contributed by atoms with Crippen LogP contribution in [0.15, 0.2) is 48.5 Å². The van der Waals surface area contributed by atoms with Crippen LogP contribution in [-0.4, -0.2) is 37.5 Å². The van der Waals surface area contributed by atoms with Crippen molar-refractivity contribution in [3.05, 3.63) is 65.2 Å². The summed E-state index contributed by atoms with van der Waals surface area (Å²) in [6.45, 7) is 0.678. The van der Waals surface area contributed by atoms with Crippen LogP contribution in [0.2, 0.25) is 0 Å². The molecule has 1 aliphatic carbocycles. The van der Waals surface area contributed by atoms with Gasteiger partial charge in [0.1, 0.15) is 0 Å². The normalized spacial score (nSPS) is 14.0. The van der Waals surface area contributed by atoms with Gasteiger partial charge in [0.25, 0.3) is 5.91 Å². The number of rotatable bonds is 4. The minimum Gasteiger partial charge on any atom is -0.345 e. The molecule has 0 spiro atoms. The number of urea groups is 1. The molecule has 2 aromatic carbocycles. The molecule has 5 nitrogen and oxygen atoms in total. The Bertz CT molecular complexity index is 772. The first-order valence-electron chi connectivity index (χ1n) is 9.46. The molecule has 5 heteroatoms. The second-order valence-corrected chi connectivity index (χ2v) is 7.32. The van der Waals surface area contributed by atoms with Crippen LogP contribution >= 0.6 is 0 Å². The van der Waals surface area contributed by atoms with E-state index in [1.54, 1.807) is 38.4 Å². The van der Waals surface area contributed by atoms with Gasteiger partial charge in [0.05, 0.1) is 0 Å². The van der Waals surface area contributed by atoms with Gasteiger partial charge >= 0.3 is 6.03 Å². The average Bonchev–Trinajstić information content (AvgIpc) is 2.89. The highest BCUT2D eigenvalue weighted by atomic mass is 16.2. The standard InChI is InChI=1S/C22H27N3O2/c1-25(2)21(26)19-11-13-20(14-12-19)24-22(27)23-15-16-7-9-17-5-3-4-6-18(17)10-8-16/h3-6,11-14,16H,7-10,15H2,1-2H3,(H2,23,24,27). The number of anilines is 1. The number of amides is 3. The summed E-state index contributed by atoms with van der Waals surface area (Å²) in [5.41, 5.74) is 4.16. The van der Waals surface area contributed by atoms with Gasteiger partial charge in [-0.1, -0.05) is 24.3 Å². The number of hydrogen-bond donors (Lipinski definition) is 2. The van der Waals surface area contributed by atoms with Gasteiger partial charge in [-0.2, -0.15) is 0 Å². The van der Waals surface area contributed by atoms with Gasteiger partial charge in [0, 0.05) is 31.9 Å². The molecule has 0 saturated carbocycles. The number of carbonyl (C=O) groups excluding carboxylic acids is 2. The fourth-order valence-corrected chi connectivity index (χ4v) is 3.48. The highest BCUT2D eigenvalue weighted by Gasteiger charge is 2.16. The summed E-state index contributed by atoms with van der Waals surface area (Å²) in [6.07, 6.45) is 4.34. The van der Waals surface area contributed by atoms with Crippen LogP contribution in [0.5, 0.6) is 0 Å². The molecule has 2 N–H and O–H groups in total. The minimum absolute atomic E-state index is 0.0552. The van der Waals surface area contributed by atoms with E-state index in [4.69, 9.17) is 0 Å². The monoisotopic (exact) mass is 365 g/mol. The highest BCUT2D eigenvalue weighted by molar-refractivity contribution is 5.95. The molecular weight excluding hydrogens is 338 g/mol. The lowest BCUT2D eigenvalue weighted by molar-refractivity contribution is 0.0827. The Kier molecular flexibility index (Phi) is 6.12. The zero-order valence-electron chi connectivity index (χ0n) is 16.0. The fraction of sp³-hybridized carbons (Fsp3) is 0.364. The summed E-state index contributed by atoms with van der Waals surface area (Å²) in [5, 5.41) is 5.82. The molecule has 3 amide bonds. The molecule has 0 fully saturated rings. The molecule has 3 rings (SSSR count). The van der Waals surface area contributed by atoms with E-state index in [9.17, 15) is 9.59 Å². The molecule has 0 saturated heterocycles. The number of aryl methyl sites for hydroxylation is 2. The number of nitrogens with zero attached hydrogens (tertiary/aromatic N) is 1. The maximum atomic E-state index is 12.2. The van der Waals surface area contributed by atoms with Crippen molar-refractivity contribution in [2.24, 2.45) is 5.92 Å². The Labute approximate surface area is 160 Å². The molecule has 0 heterocycles. The highest BCUT2D eigenvalue weighted by Crippen LogP contribution is 2.24. The van der Waals surface area contributed by atoms with Crippen molar-refractivity contribution < 1.29 is 9.59 Å². The second kappa shape index (κ2) is 8.71. The summed E-state index contributed by atoms with van der Waals surface area (Å²) in [5.74, 6) is 0.434. The van der Waals surface area contributed by atoms with Gasteiger partial charge in [-0.25, -0.2) is 4.79 Å². The summed E-state index contributed by atoms with van der Waals surface area (Å²) >= 11 is 0. The third-order valence-electron chi connectivity index (χ3n) is 5.11. The maximum Gasteiger partial charge on any atom is 0.319 e. The van der Waals surface area contributed by atoms with Gasteiger partial charge < -0.3 is 15.5 Å². The molecule has 2 aromatic rings. The molecule has 1 aliphatic rings. The Hall–Kier alpha value is -2.82. The van der Waals surface area contributed by atoms with Crippen LogP contribution in [0.1, 0.15) is 34.3 Å². The number of benzene rings is 2. The van der Waals surface area contributed by atoms with Crippen molar-refractivity contribution in [1.29, 1.82) is 0 Å². The second-order valence-electron chi connectivity index (χ2n) is 7.32. The van der Waals surface area contributed by atoms with Crippen molar-refractivity contribution in [3.63, 3.8) is 0 Å². The largest absolute Gasteiger partial charge is 0.345 e. The Morgan fingerprint density at radius 1 is 0.963 bits per heavy atom. The third-order valence-corrected chi connectivity index (χ3v) is 5.11. The molecule has 27 heavy (non-hydrogen) atoms. The number of nitrogens with one attached hydrogen (secondary N) is 2. The topological polar surface area (TPSA) is 61.4 Å². The van der Waals surface area contributed by atoms with Crippen LogP contribution in [0, 0.1) is 5.92 Å². The van der Waals surface area contributed by atoms with Crippen LogP contribution in [-0.2, 0) is 12.8 Å². The first-order valence-corrected chi connectivity index (χ1v) is 9.46. The zero-order valence-corrected chi connectivity index (χ0v) is 16.0. The van der Waals surface area contributed by atoms with Crippen molar-refractivity contribution in [3.8, 4) is 0 Å². The van der Waals surface area contributed by atoms with Gasteiger partial charge in [-0.3, -0.25) is 4.79 Å². The smallest absolute Gasteiger partial charge is 0.319 e. The SMILES string of the molecule is CN(C)C(=O)c1ccc(NC(=O)NCC2CCc3ccccc3CC2)cc1. The lowest BCUT2D eigenvalue weighted by Crippen LogP contribution is -2.33. The minimum atomic E-state index is -0.205. The van der Waals surface area contributed by atoms with Crippen molar-refractivity contribution in [2.45, 2.75) is 25.7 Å². The van der Waals surface area contributed by atoms with E-state index in [1.165, 1.54) is 16.0 Å². The van der Waals surface area contributed by atoms with E-state index in [0.717, 1.165) is 25.7 Å². The van der Waals surface area contributed by atoms with Gasteiger partial charge in [0.15, 0.2) is 0 Å². The summed E-state index contributed by atoms with van der Waals surface area (Å²) in [7, 11) is 3.43. The van der Waals surface area contributed by atoms with Gasteiger partial charge in [-0.05, 0) is 67.0 Å². The number of fused-ring (bicyclic) bond motifs is 1. The van der Waals surface area contributed by atoms with Gasteiger partial charge in [0.2, 0.25) is 0 Å². The molecule has 0 aromatic heterocycles. The van der Waals surface area contributed by atoms with Crippen LogP contribution in [0.4, 0.5) is 10.5 Å². The molecule has 0 aliphatic heterocycles. The summed E-state index contributed by atoms with van der Waals surface area (Å²) in [4.78, 5) is 25.6. The Balaban J connectivity index is 1.47. The molecule has 0 atom stereocenters. The van der Waals surface area contributed by atoms with E-state index < -0.39 is 0 Å². The first kappa shape index (κ1) is 19.0. The van der Waals surface area contributed by atoms with E-state index in [-0.39, 0.29) is 11.9 Å². The Morgan fingerprint density at radius 2 is 1.56 bits per heavy atom. The van der Waals surface area contributed by atoms with Gasteiger partial charge in [-0.15, -0.1) is 0 Å². The van der Waals surface area contributed by atoms with Crippen molar-refractivity contribution >= 4 is 17.6 Å². The van der Waals surface area contributed by atoms with Crippen LogP contribution < -0.4 is 10.6 Å². The third kappa shape index (κ3) is 5.09. The molecule has 142 valence electrons. The predicted molar refractivity (Wildman–Crippen MR) is 108 cm³/mol. The molecule has 0 unspecified atom stereocenters.